The van der Waals surface area contributed by atoms with Crippen molar-refractivity contribution in [1.82, 2.24) is 0 Å². The fourth-order valence-corrected chi connectivity index (χ4v) is 9.54. The first-order valence-corrected chi connectivity index (χ1v) is 14.4. The Morgan fingerprint density at radius 3 is 2.38 bits per heavy atom. The number of carbonyl (C=O) groups excluding carboxylic acids is 1. The first-order chi connectivity index (χ1) is 18.7. The van der Waals surface area contributed by atoms with Crippen LogP contribution in [0.4, 0.5) is 0 Å². The molecule has 0 bridgehead atoms. The van der Waals surface area contributed by atoms with E-state index >= 15 is 0 Å². The van der Waals surface area contributed by atoms with Gasteiger partial charge in [0.05, 0.1) is 35.6 Å². The molecule has 4 saturated carbocycles. The van der Waals surface area contributed by atoms with Gasteiger partial charge in [-0.05, 0) is 56.4 Å². The molecule has 40 heavy (non-hydrogen) atoms. The largest absolute Gasteiger partial charge is 0.458 e. The zero-order valence-electron chi connectivity index (χ0n) is 22.8. The third kappa shape index (κ3) is 3.78. The predicted octanol–water partition coefficient (Wildman–Crippen LogP) is -1.76. The van der Waals surface area contributed by atoms with Gasteiger partial charge < -0.3 is 55.1 Å². The highest BCUT2D eigenvalue weighted by Gasteiger charge is 2.75. The van der Waals surface area contributed by atoms with Crippen LogP contribution in [0.15, 0.2) is 11.6 Å². The highest BCUT2D eigenvalue weighted by molar-refractivity contribution is 5.85. The molecule has 15 unspecified atom stereocenters. The van der Waals surface area contributed by atoms with Crippen LogP contribution in [-0.2, 0) is 19.0 Å². The standard InChI is InChI=1S/C28H42O12/c1-12-21(32)22(33)23(34)24(39-12)40-14-8-18(30)28(37)20-16(3-5-26(28,35)9-14)27(36)6-4-15(13-7-19(31)38-11-13)25(27,2)10-17(20)29/h7,12,14-18,20-24,29-30,32-37H,3-6,8-11H2,1-2H3. The summed E-state index contributed by atoms with van der Waals surface area (Å²) in [5.74, 6) is -2.26. The molecule has 6 rings (SSSR count). The molecule has 0 spiro atoms. The number of cyclic esters (lactones) is 1. The van der Waals surface area contributed by atoms with Crippen LogP contribution < -0.4 is 0 Å². The van der Waals surface area contributed by atoms with Crippen molar-refractivity contribution in [2.24, 2.45) is 23.2 Å². The van der Waals surface area contributed by atoms with Crippen LogP contribution in [0.3, 0.4) is 0 Å². The molecule has 2 heterocycles. The molecule has 15 atom stereocenters. The van der Waals surface area contributed by atoms with Gasteiger partial charge in [-0.3, -0.25) is 0 Å². The van der Waals surface area contributed by atoms with Gasteiger partial charge in [-0.25, -0.2) is 4.79 Å². The van der Waals surface area contributed by atoms with E-state index < -0.39 is 89.0 Å². The summed E-state index contributed by atoms with van der Waals surface area (Å²) in [6, 6.07) is 0. The second-order valence-electron chi connectivity index (χ2n) is 13.5. The van der Waals surface area contributed by atoms with Gasteiger partial charge in [0.1, 0.15) is 30.5 Å². The summed E-state index contributed by atoms with van der Waals surface area (Å²) in [5.41, 5.74) is -5.36. The minimum absolute atomic E-state index is 0.0213. The topological polar surface area (TPSA) is 207 Å². The third-order valence-corrected chi connectivity index (χ3v) is 11.6. The van der Waals surface area contributed by atoms with E-state index in [1.807, 2.05) is 6.92 Å². The lowest BCUT2D eigenvalue weighted by molar-refractivity contribution is -0.353. The number of rotatable bonds is 3. The van der Waals surface area contributed by atoms with E-state index in [0.29, 0.717) is 12.8 Å². The monoisotopic (exact) mass is 570 g/mol. The molecular weight excluding hydrogens is 528 g/mol. The number of fused-ring (bicyclic) bond motifs is 5. The Labute approximate surface area is 232 Å². The van der Waals surface area contributed by atoms with Gasteiger partial charge in [0.2, 0.25) is 0 Å². The Morgan fingerprint density at radius 1 is 0.975 bits per heavy atom. The number of aliphatic hydroxyl groups is 8. The SMILES string of the molecule is CC1OC(OC2CC(O)C3(O)C4C(O)CC5(C)C(C6=CC(=O)OC6)CCC5(O)C4CCC3(O)C2)C(O)C(O)C1O. The molecule has 4 aliphatic carbocycles. The molecule has 12 nitrogen and oxygen atoms in total. The maximum Gasteiger partial charge on any atom is 0.331 e. The van der Waals surface area contributed by atoms with Gasteiger partial charge in [0.15, 0.2) is 6.29 Å². The Balaban J connectivity index is 1.26. The summed E-state index contributed by atoms with van der Waals surface area (Å²) in [5, 5.41) is 89.8. The predicted molar refractivity (Wildman–Crippen MR) is 134 cm³/mol. The van der Waals surface area contributed by atoms with Crippen LogP contribution in [0.2, 0.25) is 0 Å². The van der Waals surface area contributed by atoms with Gasteiger partial charge in [-0.15, -0.1) is 0 Å². The lowest BCUT2D eigenvalue weighted by Crippen LogP contribution is -2.78. The van der Waals surface area contributed by atoms with Crippen molar-refractivity contribution in [3.8, 4) is 0 Å². The summed E-state index contributed by atoms with van der Waals surface area (Å²) in [4.78, 5) is 11.8. The average Bonchev–Trinajstić information content (AvgIpc) is 3.42. The van der Waals surface area contributed by atoms with Crippen molar-refractivity contribution < 1.29 is 59.9 Å². The second-order valence-corrected chi connectivity index (χ2v) is 13.5. The summed E-state index contributed by atoms with van der Waals surface area (Å²) in [6.45, 7) is 3.57. The third-order valence-electron chi connectivity index (χ3n) is 11.6. The summed E-state index contributed by atoms with van der Waals surface area (Å²) in [6.07, 6.45) is -7.57. The van der Waals surface area contributed by atoms with E-state index in [0.717, 1.165) is 5.57 Å². The normalized spacial score (nSPS) is 58.0. The van der Waals surface area contributed by atoms with Gasteiger partial charge in [0, 0.05) is 30.3 Å². The molecule has 5 fully saturated rings. The van der Waals surface area contributed by atoms with E-state index in [1.54, 1.807) is 0 Å². The fraction of sp³-hybridized carbons (Fsp3) is 0.893. The maximum absolute atomic E-state index is 12.3. The fourth-order valence-electron chi connectivity index (χ4n) is 9.54. The van der Waals surface area contributed by atoms with Crippen molar-refractivity contribution in [3.05, 3.63) is 11.6 Å². The van der Waals surface area contributed by atoms with E-state index in [9.17, 15) is 45.6 Å². The van der Waals surface area contributed by atoms with Crippen molar-refractivity contribution in [3.63, 3.8) is 0 Å². The lowest BCUT2D eigenvalue weighted by Gasteiger charge is -2.67. The minimum atomic E-state index is -2.15. The average molecular weight is 571 g/mol. The van der Waals surface area contributed by atoms with E-state index in [1.165, 1.54) is 13.0 Å². The maximum atomic E-state index is 12.3. The lowest BCUT2D eigenvalue weighted by atomic mass is 9.43. The summed E-state index contributed by atoms with van der Waals surface area (Å²) < 4.78 is 16.5. The zero-order valence-corrected chi connectivity index (χ0v) is 22.8. The molecular formula is C28H42O12. The minimum Gasteiger partial charge on any atom is -0.458 e. The molecule has 1 saturated heterocycles. The Hall–Kier alpha value is -1.19. The Bertz CT molecular complexity index is 1070. The van der Waals surface area contributed by atoms with E-state index in [4.69, 9.17) is 14.2 Å². The number of carbonyl (C=O) groups is 1. The first-order valence-electron chi connectivity index (χ1n) is 14.4. The van der Waals surface area contributed by atoms with E-state index in [2.05, 4.69) is 0 Å². The molecule has 226 valence electrons. The molecule has 0 radical (unpaired) electrons. The van der Waals surface area contributed by atoms with Crippen LogP contribution in [0.1, 0.15) is 58.8 Å². The van der Waals surface area contributed by atoms with E-state index in [-0.39, 0.29) is 44.6 Å². The Kier molecular flexibility index (Phi) is 6.80. The van der Waals surface area contributed by atoms with Gasteiger partial charge in [-0.1, -0.05) is 6.92 Å². The van der Waals surface area contributed by atoms with Crippen LogP contribution in [0.5, 0.6) is 0 Å². The van der Waals surface area contributed by atoms with Gasteiger partial charge in [-0.2, -0.15) is 0 Å². The van der Waals surface area contributed by atoms with Gasteiger partial charge in [0.25, 0.3) is 0 Å². The summed E-state index contributed by atoms with van der Waals surface area (Å²) >= 11 is 0. The van der Waals surface area contributed by atoms with Crippen molar-refractivity contribution in [2.45, 2.75) is 125 Å². The summed E-state index contributed by atoms with van der Waals surface area (Å²) in [7, 11) is 0. The van der Waals surface area contributed by atoms with Crippen molar-refractivity contribution >= 4 is 5.97 Å². The number of hydrogen-bond donors (Lipinski definition) is 8. The zero-order chi connectivity index (χ0) is 29.0. The quantitative estimate of drug-likeness (QED) is 0.140. The first kappa shape index (κ1) is 28.9. The Morgan fingerprint density at radius 2 is 1.70 bits per heavy atom. The van der Waals surface area contributed by atoms with Crippen molar-refractivity contribution in [1.29, 1.82) is 0 Å². The molecule has 2 aliphatic heterocycles. The number of hydrogen-bond acceptors (Lipinski definition) is 12. The van der Waals surface area contributed by atoms with Crippen LogP contribution in [0, 0.1) is 23.2 Å². The molecule has 8 N–H and O–H groups in total. The molecule has 6 aliphatic rings. The highest BCUT2D eigenvalue weighted by Crippen LogP contribution is 2.68. The second kappa shape index (κ2) is 9.40. The number of ether oxygens (including phenoxy) is 3. The smallest absolute Gasteiger partial charge is 0.331 e. The molecule has 0 aromatic rings. The van der Waals surface area contributed by atoms with Gasteiger partial charge >= 0.3 is 5.97 Å². The van der Waals surface area contributed by atoms with Crippen LogP contribution in [-0.4, -0.2) is 119 Å². The molecule has 0 aromatic carbocycles. The molecule has 0 amide bonds. The number of esters is 1. The molecule has 12 heteroatoms. The van der Waals surface area contributed by atoms with Crippen LogP contribution >= 0.6 is 0 Å². The number of aliphatic hydroxyl groups excluding tert-OH is 5. The highest BCUT2D eigenvalue weighted by atomic mass is 16.7. The van der Waals surface area contributed by atoms with Crippen LogP contribution in [0.25, 0.3) is 0 Å². The van der Waals surface area contributed by atoms with Crippen molar-refractivity contribution in [2.75, 3.05) is 6.61 Å². The molecule has 0 aromatic heterocycles.